The van der Waals surface area contributed by atoms with Crippen molar-refractivity contribution in [1.29, 1.82) is 0 Å². The van der Waals surface area contributed by atoms with E-state index in [1.165, 1.54) is 19.2 Å². The van der Waals surface area contributed by atoms with Crippen LogP contribution in [0.3, 0.4) is 0 Å². The summed E-state index contributed by atoms with van der Waals surface area (Å²) in [5.74, 6) is -0.363. The lowest BCUT2D eigenvalue weighted by atomic mass is 9.75. The second-order valence-corrected chi connectivity index (χ2v) is 11.5. The van der Waals surface area contributed by atoms with Gasteiger partial charge in [0, 0.05) is 17.5 Å². The van der Waals surface area contributed by atoms with Crippen LogP contribution in [-0.2, 0) is 17.8 Å². The standard InChI is InChI=1S/C33H38F2O4/c1-21(16-31(36)37)7-8-22-9-11-24(12-10-22)39-20-23-17-26(28-6-5-15-33(28,2)3)32(30(35)18-23)27-19-25(38-4)13-14-29(27)34/h9-14,17-19,21,28H,5-8,15-16,20H2,1-4H3,(H,36,37)/t21-,28-/m0/s1. The molecule has 39 heavy (non-hydrogen) atoms. The Morgan fingerprint density at radius 2 is 1.74 bits per heavy atom. The molecule has 0 amide bonds. The molecule has 3 aromatic rings. The zero-order chi connectivity index (χ0) is 28.2. The first-order chi connectivity index (χ1) is 18.6. The smallest absolute Gasteiger partial charge is 0.303 e. The summed E-state index contributed by atoms with van der Waals surface area (Å²) in [5.41, 5.74) is 3.11. The molecule has 0 saturated heterocycles. The second kappa shape index (κ2) is 12.2. The average Bonchev–Trinajstić information content (AvgIpc) is 3.25. The summed E-state index contributed by atoms with van der Waals surface area (Å²) in [4.78, 5) is 10.9. The van der Waals surface area contributed by atoms with Gasteiger partial charge in [0.2, 0.25) is 0 Å². The minimum absolute atomic E-state index is 0.0339. The van der Waals surface area contributed by atoms with E-state index in [2.05, 4.69) is 13.8 Å². The highest BCUT2D eigenvalue weighted by atomic mass is 19.1. The van der Waals surface area contributed by atoms with Gasteiger partial charge in [-0.05, 0) is 96.0 Å². The van der Waals surface area contributed by atoms with E-state index in [0.717, 1.165) is 43.2 Å². The molecule has 1 aliphatic rings. The van der Waals surface area contributed by atoms with Gasteiger partial charge in [-0.15, -0.1) is 0 Å². The molecule has 1 fully saturated rings. The SMILES string of the molecule is COc1ccc(F)c(-c2c(F)cc(COc3ccc(CC[C@H](C)CC(=O)O)cc3)cc2[C@@H]2CCCC2(C)C)c1. The van der Waals surface area contributed by atoms with E-state index in [-0.39, 0.29) is 35.8 Å². The minimum Gasteiger partial charge on any atom is -0.497 e. The number of halogens is 2. The average molecular weight is 537 g/mol. The number of methoxy groups -OCH3 is 1. The molecule has 0 aromatic heterocycles. The fourth-order valence-electron chi connectivity index (χ4n) is 5.79. The van der Waals surface area contributed by atoms with E-state index in [1.54, 1.807) is 12.1 Å². The Labute approximate surface area is 230 Å². The van der Waals surface area contributed by atoms with E-state index < -0.39 is 17.6 Å². The number of rotatable bonds is 11. The van der Waals surface area contributed by atoms with E-state index in [1.807, 2.05) is 37.3 Å². The monoisotopic (exact) mass is 536 g/mol. The second-order valence-electron chi connectivity index (χ2n) is 11.5. The van der Waals surface area contributed by atoms with Crippen molar-refractivity contribution in [3.05, 3.63) is 82.9 Å². The van der Waals surface area contributed by atoms with Gasteiger partial charge in [0.15, 0.2) is 0 Å². The van der Waals surface area contributed by atoms with Gasteiger partial charge in [0.1, 0.15) is 29.7 Å². The lowest BCUT2D eigenvalue weighted by molar-refractivity contribution is -0.138. The number of hydrogen-bond donors (Lipinski definition) is 1. The third-order valence-electron chi connectivity index (χ3n) is 8.03. The highest BCUT2D eigenvalue weighted by Gasteiger charge is 2.38. The number of aliphatic carboxylic acids is 1. The van der Waals surface area contributed by atoms with Crippen molar-refractivity contribution in [2.45, 2.75) is 71.8 Å². The van der Waals surface area contributed by atoms with Crippen molar-refractivity contribution in [2.75, 3.05) is 7.11 Å². The molecular formula is C33H38F2O4. The van der Waals surface area contributed by atoms with Gasteiger partial charge >= 0.3 is 5.97 Å². The Balaban J connectivity index is 1.56. The van der Waals surface area contributed by atoms with Crippen LogP contribution in [0.1, 0.15) is 75.5 Å². The molecule has 0 radical (unpaired) electrons. The summed E-state index contributed by atoms with van der Waals surface area (Å²) in [6.45, 7) is 6.52. The Kier molecular flexibility index (Phi) is 8.94. The number of carboxylic acid groups (broad SMARTS) is 1. The van der Waals surface area contributed by atoms with E-state index >= 15 is 8.78 Å². The molecule has 3 aromatic carbocycles. The maximum Gasteiger partial charge on any atom is 0.303 e. The van der Waals surface area contributed by atoms with Crippen LogP contribution in [0.25, 0.3) is 11.1 Å². The van der Waals surface area contributed by atoms with Crippen LogP contribution in [0.5, 0.6) is 11.5 Å². The topological polar surface area (TPSA) is 55.8 Å². The Morgan fingerprint density at radius 1 is 1.03 bits per heavy atom. The molecule has 0 unspecified atom stereocenters. The molecule has 1 aliphatic carbocycles. The molecule has 0 heterocycles. The summed E-state index contributed by atoms with van der Waals surface area (Å²) in [6, 6.07) is 15.6. The number of benzene rings is 3. The number of ether oxygens (including phenoxy) is 2. The zero-order valence-corrected chi connectivity index (χ0v) is 23.2. The van der Waals surface area contributed by atoms with Gasteiger partial charge in [0.25, 0.3) is 0 Å². The first kappa shape index (κ1) is 28.6. The Morgan fingerprint density at radius 3 is 2.38 bits per heavy atom. The third kappa shape index (κ3) is 6.97. The van der Waals surface area contributed by atoms with Gasteiger partial charge < -0.3 is 14.6 Å². The highest BCUT2D eigenvalue weighted by Crippen LogP contribution is 2.52. The van der Waals surface area contributed by atoms with E-state index in [4.69, 9.17) is 14.6 Å². The van der Waals surface area contributed by atoms with Crippen LogP contribution >= 0.6 is 0 Å². The van der Waals surface area contributed by atoms with Crippen molar-refractivity contribution in [2.24, 2.45) is 11.3 Å². The summed E-state index contributed by atoms with van der Waals surface area (Å²) in [7, 11) is 1.52. The summed E-state index contributed by atoms with van der Waals surface area (Å²) in [5, 5.41) is 8.94. The van der Waals surface area contributed by atoms with Crippen LogP contribution < -0.4 is 9.47 Å². The molecule has 208 valence electrons. The molecule has 2 atom stereocenters. The van der Waals surface area contributed by atoms with Gasteiger partial charge in [-0.1, -0.05) is 45.4 Å². The molecule has 0 bridgehead atoms. The van der Waals surface area contributed by atoms with Crippen molar-refractivity contribution >= 4 is 5.97 Å². The molecular weight excluding hydrogens is 498 g/mol. The maximum atomic E-state index is 15.8. The van der Waals surface area contributed by atoms with Crippen molar-refractivity contribution in [1.82, 2.24) is 0 Å². The van der Waals surface area contributed by atoms with Crippen LogP contribution in [0.15, 0.2) is 54.6 Å². The van der Waals surface area contributed by atoms with Gasteiger partial charge in [-0.25, -0.2) is 8.78 Å². The van der Waals surface area contributed by atoms with Crippen molar-refractivity contribution in [3.63, 3.8) is 0 Å². The van der Waals surface area contributed by atoms with Crippen molar-refractivity contribution < 1.29 is 28.2 Å². The molecule has 0 spiro atoms. The molecule has 4 rings (SSSR count). The largest absolute Gasteiger partial charge is 0.497 e. The predicted octanol–water partition coefficient (Wildman–Crippen LogP) is 8.56. The maximum absolute atomic E-state index is 15.8. The van der Waals surface area contributed by atoms with Crippen LogP contribution in [0.4, 0.5) is 8.78 Å². The van der Waals surface area contributed by atoms with Gasteiger partial charge in [0.05, 0.1) is 7.11 Å². The number of aryl methyl sites for hydroxylation is 1. The number of carbonyl (C=O) groups is 1. The fraction of sp³-hybridized carbons (Fsp3) is 0.424. The summed E-state index contributed by atoms with van der Waals surface area (Å²) < 4.78 is 42.2. The quantitative estimate of drug-likeness (QED) is 0.267. The summed E-state index contributed by atoms with van der Waals surface area (Å²) >= 11 is 0. The lowest BCUT2D eigenvalue weighted by Gasteiger charge is -2.30. The van der Waals surface area contributed by atoms with Gasteiger partial charge in [-0.2, -0.15) is 0 Å². The number of carboxylic acids is 1. The molecule has 0 aliphatic heterocycles. The van der Waals surface area contributed by atoms with Gasteiger partial charge in [-0.3, -0.25) is 4.79 Å². The Hall–Kier alpha value is -3.41. The van der Waals surface area contributed by atoms with E-state index in [9.17, 15) is 4.79 Å². The minimum atomic E-state index is -0.774. The predicted molar refractivity (Wildman–Crippen MR) is 149 cm³/mol. The summed E-state index contributed by atoms with van der Waals surface area (Å²) in [6.07, 6.45) is 4.75. The first-order valence-electron chi connectivity index (χ1n) is 13.7. The Bertz CT molecular complexity index is 1300. The first-order valence-corrected chi connectivity index (χ1v) is 13.7. The molecule has 1 N–H and O–H groups in total. The third-order valence-corrected chi connectivity index (χ3v) is 8.03. The molecule has 4 nitrogen and oxygen atoms in total. The van der Waals surface area contributed by atoms with Crippen LogP contribution in [0.2, 0.25) is 0 Å². The lowest BCUT2D eigenvalue weighted by Crippen LogP contribution is -2.17. The zero-order valence-electron chi connectivity index (χ0n) is 23.2. The normalized spacial score (nSPS) is 17.1. The fourth-order valence-corrected chi connectivity index (χ4v) is 5.79. The van der Waals surface area contributed by atoms with Crippen LogP contribution in [0, 0.1) is 23.0 Å². The highest BCUT2D eigenvalue weighted by molar-refractivity contribution is 5.71. The number of hydrogen-bond acceptors (Lipinski definition) is 3. The molecule has 1 saturated carbocycles. The van der Waals surface area contributed by atoms with E-state index in [0.29, 0.717) is 22.6 Å². The van der Waals surface area contributed by atoms with Crippen LogP contribution in [-0.4, -0.2) is 18.2 Å². The van der Waals surface area contributed by atoms with Crippen molar-refractivity contribution in [3.8, 4) is 22.6 Å². The molecule has 6 heteroatoms.